The molecule has 0 aliphatic heterocycles. The topological polar surface area (TPSA) is 115 Å². The third-order valence-corrected chi connectivity index (χ3v) is 5.33. The summed E-state index contributed by atoms with van der Waals surface area (Å²) < 4.78 is 54.9. The highest BCUT2D eigenvalue weighted by atomic mass is 32.2. The molecule has 10 heteroatoms. The van der Waals surface area contributed by atoms with E-state index in [2.05, 4.69) is 10.3 Å². The average molecular weight is 435 g/mol. The van der Waals surface area contributed by atoms with E-state index in [1.807, 2.05) is 0 Å². The molecule has 0 bridgehead atoms. The van der Waals surface area contributed by atoms with Gasteiger partial charge in [0.05, 0.1) is 22.7 Å². The van der Waals surface area contributed by atoms with Crippen molar-refractivity contribution < 1.29 is 26.4 Å². The molecule has 3 N–H and O–H groups in total. The number of carbonyl (C=O) groups is 1. The minimum Gasteiger partial charge on any atom is -0.441 e. The van der Waals surface area contributed by atoms with Gasteiger partial charge in [0, 0.05) is 18.9 Å². The van der Waals surface area contributed by atoms with E-state index in [1.165, 1.54) is 24.4 Å². The molecular weight excluding hydrogens is 416 g/mol. The summed E-state index contributed by atoms with van der Waals surface area (Å²) in [5.74, 6) is -1.34. The Morgan fingerprint density at radius 3 is 2.53 bits per heavy atom. The minimum absolute atomic E-state index is 0.0120. The van der Waals surface area contributed by atoms with Crippen LogP contribution in [0.25, 0.3) is 11.3 Å². The van der Waals surface area contributed by atoms with Crippen molar-refractivity contribution in [3.8, 4) is 11.3 Å². The maximum absolute atomic E-state index is 13.8. The first-order valence-corrected chi connectivity index (χ1v) is 10.5. The normalized spacial score (nSPS) is 12.5. The third-order valence-electron chi connectivity index (χ3n) is 4.40. The molecular formula is C20H19F2N3O4S. The van der Waals surface area contributed by atoms with Gasteiger partial charge in [-0.1, -0.05) is 12.1 Å². The molecule has 1 heterocycles. The molecule has 0 saturated heterocycles. The Kier molecular flexibility index (Phi) is 6.28. The highest BCUT2D eigenvalue weighted by Gasteiger charge is 2.15. The van der Waals surface area contributed by atoms with Gasteiger partial charge in [-0.05, 0) is 36.8 Å². The molecule has 0 spiro atoms. The summed E-state index contributed by atoms with van der Waals surface area (Å²) in [5, 5.41) is 7.85. The van der Waals surface area contributed by atoms with Crippen molar-refractivity contribution in [2.45, 2.75) is 30.7 Å². The summed E-state index contributed by atoms with van der Waals surface area (Å²) >= 11 is 0. The molecule has 0 aliphatic carbocycles. The van der Waals surface area contributed by atoms with E-state index in [9.17, 15) is 22.0 Å². The van der Waals surface area contributed by atoms with Crippen LogP contribution in [0.2, 0.25) is 0 Å². The van der Waals surface area contributed by atoms with Gasteiger partial charge in [0.1, 0.15) is 11.6 Å². The number of nitrogens with one attached hydrogen (secondary N) is 1. The number of aryl methyl sites for hydroxylation is 1. The molecule has 3 rings (SSSR count). The lowest BCUT2D eigenvalue weighted by molar-refractivity contribution is -0.121. The highest BCUT2D eigenvalue weighted by molar-refractivity contribution is 7.89. The van der Waals surface area contributed by atoms with Gasteiger partial charge in [-0.15, -0.1) is 0 Å². The molecule has 0 aliphatic rings. The number of amides is 1. The van der Waals surface area contributed by atoms with E-state index in [-0.39, 0.29) is 46.9 Å². The zero-order valence-electron chi connectivity index (χ0n) is 15.9. The van der Waals surface area contributed by atoms with Crippen LogP contribution in [0.15, 0.2) is 58.0 Å². The Morgan fingerprint density at radius 1 is 1.20 bits per heavy atom. The van der Waals surface area contributed by atoms with E-state index < -0.39 is 21.7 Å². The van der Waals surface area contributed by atoms with Gasteiger partial charge in [0.15, 0.2) is 11.7 Å². The Balaban J connectivity index is 1.56. The van der Waals surface area contributed by atoms with E-state index >= 15 is 0 Å². The number of primary sulfonamides is 1. The number of sulfonamides is 1. The molecule has 1 amide bonds. The lowest BCUT2D eigenvalue weighted by atomic mass is 10.1. The fourth-order valence-corrected chi connectivity index (χ4v) is 3.32. The van der Waals surface area contributed by atoms with Gasteiger partial charge in [-0.25, -0.2) is 27.3 Å². The number of nitrogens with zero attached hydrogens (tertiary/aromatic N) is 1. The predicted molar refractivity (Wildman–Crippen MR) is 105 cm³/mol. The predicted octanol–water partition coefficient (Wildman–Crippen LogP) is 3.08. The van der Waals surface area contributed by atoms with Gasteiger partial charge in [0.2, 0.25) is 15.9 Å². The summed E-state index contributed by atoms with van der Waals surface area (Å²) in [6.07, 6.45) is 1.58. The van der Waals surface area contributed by atoms with E-state index in [0.717, 1.165) is 12.1 Å². The second-order valence-corrected chi connectivity index (χ2v) is 8.21. The SMILES string of the molecule is CC(NC(=O)CCc1ncc(-c2ccc(F)cc2F)o1)c1ccc(S(N)(=O)=O)cc1. The molecule has 0 saturated carbocycles. The van der Waals surface area contributed by atoms with Crippen molar-refractivity contribution >= 4 is 15.9 Å². The van der Waals surface area contributed by atoms with Crippen molar-refractivity contribution in [1.29, 1.82) is 0 Å². The van der Waals surface area contributed by atoms with Crippen molar-refractivity contribution in [2.75, 3.05) is 0 Å². The Hall–Kier alpha value is -3.11. The number of carbonyl (C=O) groups excluding carboxylic acids is 1. The molecule has 1 unspecified atom stereocenters. The summed E-state index contributed by atoms with van der Waals surface area (Å²) in [4.78, 5) is 16.2. The van der Waals surface area contributed by atoms with Crippen molar-refractivity contribution in [3.05, 3.63) is 71.8 Å². The standard InChI is InChI=1S/C20H19F2N3O4S/c1-12(13-2-5-15(6-3-13)30(23,27)28)25-19(26)8-9-20-24-11-18(29-20)16-7-4-14(21)10-17(16)22/h2-7,10-12H,8-9H2,1H3,(H,25,26)(H2,23,27,28). The molecule has 2 aromatic carbocycles. The van der Waals surface area contributed by atoms with E-state index in [0.29, 0.717) is 5.56 Å². The van der Waals surface area contributed by atoms with Crippen molar-refractivity contribution in [1.82, 2.24) is 10.3 Å². The third kappa shape index (κ3) is 5.28. The van der Waals surface area contributed by atoms with Crippen LogP contribution >= 0.6 is 0 Å². The van der Waals surface area contributed by atoms with Crippen LogP contribution in [0.5, 0.6) is 0 Å². The number of halogens is 2. The quantitative estimate of drug-likeness (QED) is 0.592. The molecule has 30 heavy (non-hydrogen) atoms. The number of hydrogen-bond acceptors (Lipinski definition) is 5. The van der Waals surface area contributed by atoms with Crippen LogP contribution in [0.4, 0.5) is 8.78 Å². The minimum atomic E-state index is -3.78. The van der Waals surface area contributed by atoms with Gasteiger partial charge >= 0.3 is 0 Å². The molecule has 7 nitrogen and oxygen atoms in total. The van der Waals surface area contributed by atoms with Crippen LogP contribution in [-0.2, 0) is 21.2 Å². The number of benzene rings is 2. The zero-order chi connectivity index (χ0) is 21.9. The summed E-state index contributed by atoms with van der Waals surface area (Å²) in [6, 6.07) is 8.65. The highest BCUT2D eigenvalue weighted by Crippen LogP contribution is 2.24. The fourth-order valence-electron chi connectivity index (χ4n) is 2.80. The number of nitrogens with two attached hydrogens (primary N) is 1. The molecule has 0 radical (unpaired) electrons. The lowest BCUT2D eigenvalue weighted by Gasteiger charge is -2.14. The smallest absolute Gasteiger partial charge is 0.238 e. The lowest BCUT2D eigenvalue weighted by Crippen LogP contribution is -2.26. The largest absolute Gasteiger partial charge is 0.441 e. The summed E-state index contributed by atoms with van der Waals surface area (Å²) in [5.41, 5.74) is 0.789. The number of rotatable bonds is 7. The second-order valence-electron chi connectivity index (χ2n) is 6.65. The van der Waals surface area contributed by atoms with Crippen molar-refractivity contribution in [3.63, 3.8) is 0 Å². The maximum Gasteiger partial charge on any atom is 0.238 e. The first kappa shape index (κ1) is 21.6. The average Bonchev–Trinajstić information content (AvgIpc) is 3.14. The van der Waals surface area contributed by atoms with Crippen LogP contribution in [0.1, 0.15) is 30.8 Å². The second kappa shape index (κ2) is 8.72. The van der Waals surface area contributed by atoms with Crippen LogP contribution in [0.3, 0.4) is 0 Å². The first-order valence-electron chi connectivity index (χ1n) is 8.96. The molecule has 3 aromatic rings. The van der Waals surface area contributed by atoms with Gasteiger partial charge in [0.25, 0.3) is 0 Å². The molecule has 1 aromatic heterocycles. The van der Waals surface area contributed by atoms with Crippen LogP contribution in [-0.4, -0.2) is 19.3 Å². The van der Waals surface area contributed by atoms with Gasteiger partial charge < -0.3 is 9.73 Å². The molecule has 1 atom stereocenters. The fraction of sp³-hybridized carbons (Fsp3) is 0.200. The van der Waals surface area contributed by atoms with E-state index in [4.69, 9.17) is 9.56 Å². The summed E-state index contributed by atoms with van der Waals surface area (Å²) in [7, 11) is -3.78. The Labute approximate surface area is 172 Å². The first-order chi connectivity index (χ1) is 14.1. The van der Waals surface area contributed by atoms with Crippen LogP contribution in [0, 0.1) is 11.6 Å². The summed E-state index contributed by atoms with van der Waals surface area (Å²) in [6.45, 7) is 1.75. The Morgan fingerprint density at radius 2 is 1.90 bits per heavy atom. The number of oxazole rings is 1. The zero-order valence-corrected chi connectivity index (χ0v) is 16.7. The van der Waals surface area contributed by atoms with Crippen molar-refractivity contribution in [2.24, 2.45) is 5.14 Å². The van der Waals surface area contributed by atoms with Crippen LogP contribution < -0.4 is 10.5 Å². The van der Waals surface area contributed by atoms with E-state index in [1.54, 1.807) is 19.1 Å². The maximum atomic E-state index is 13.8. The Bertz CT molecular complexity index is 1160. The number of hydrogen-bond donors (Lipinski definition) is 2. The molecule has 0 fully saturated rings. The molecule has 158 valence electrons. The van der Waals surface area contributed by atoms with Gasteiger partial charge in [-0.2, -0.15) is 0 Å². The monoisotopic (exact) mass is 435 g/mol. The van der Waals surface area contributed by atoms with Gasteiger partial charge in [-0.3, -0.25) is 4.79 Å². The number of aromatic nitrogens is 1.